The Morgan fingerprint density at radius 3 is 1.69 bits per heavy atom. The van der Waals surface area contributed by atoms with E-state index in [2.05, 4.69) is 41.4 Å². The number of unbranched alkanes of at least 4 members (excludes halogenated alkanes) is 5. The SMILES string of the molecule is C=CCCCCCCC.CC[N+](C)(C)CC. The summed E-state index contributed by atoms with van der Waals surface area (Å²) < 4.78 is 1.14. The van der Waals surface area contributed by atoms with Crippen molar-refractivity contribution in [1.29, 1.82) is 0 Å². The molecule has 0 N–H and O–H groups in total. The van der Waals surface area contributed by atoms with Crippen molar-refractivity contribution in [3.63, 3.8) is 0 Å². The molecule has 1 nitrogen and oxygen atoms in total. The van der Waals surface area contributed by atoms with Crippen LogP contribution in [0.25, 0.3) is 0 Å². The minimum absolute atomic E-state index is 1.14. The Balaban J connectivity index is 0. The highest BCUT2D eigenvalue weighted by molar-refractivity contribution is 4.65. The predicted octanol–water partition coefficient (Wildman–Crippen LogP) is 4.64. The van der Waals surface area contributed by atoms with Gasteiger partial charge < -0.3 is 4.48 Å². The predicted molar refractivity (Wildman–Crippen MR) is 76.8 cm³/mol. The lowest BCUT2D eigenvalue weighted by molar-refractivity contribution is -0.886. The first-order valence-corrected chi connectivity index (χ1v) is 6.96. The minimum Gasteiger partial charge on any atom is -0.329 e. The summed E-state index contributed by atoms with van der Waals surface area (Å²) in [6, 6.07) is 0. The fourth-order valence-electron chi connectivity index (χ4n) is 1.12. The first-order chi connectivity index (χ1) is 7.54. The van der Waals surface area contributed by atoms with E-state index in [0.717, 1.165) is 4.48 Å². The van der Waals surface area contributed by atoms with Crippen molar-refractivity contribution >= 4 is 0 Å². The van der Waals surface area contributed by atoms with Crippen molar-refractivity contribution in [1.82, 2.24) is 0 Å². The summed E-state index contributed by atoms with van der Waals surface area (Å²) in [7, 11) is 4.47. The molecule has 0 aliphatic heterocycles. The summed E-state index contributed by atoms with van der Waals surface area (Å²) in [4.78, 5) is 0. The molecule has 1 heteroatoms. The van der Waals surface area contributed by atoms with Gasteiger partial charge in [-0.05, 0) is 26.7 Å². The van der Waals surface area contributed by atoms with Crippen molar-refractivity contribution in [2.24, 2.45) is 0 Å². The van der Waals surface area contributed by atoms with Gasteiger partial charge in [0.2, 0.25) is 0 Å². The summed E-state index contributed by atoms with van der Waals surface area (Å²) in [5, 5.41) is 0. The number of hydrogen-bond donors (Lipinski definition) is 0. The molecule has 0 rings (SSSR count). The van der Waals surface area contributed by atoms with Crippen molar-refractivity contribution in [3.8, 4) is 0 Å². The normalized spacial score (nSPS) is 10.6. The lowest BCUT2D eigenvalue weighted by Gasteiger charge is -2.25. The van der Waals surface area contributed by atoms with Gasteiger partial charge in [0.1, 0.15) is 0 Å². The lowest BCUT2D eigenvalue weighted by Crippen LogP contribution is -2.38. The third-order valence-electron chi connectivity index (χ3n) is 3.22. The number of hydrogen-bond acceptors (Lipinski definition) is 0. The van der Waals surface area contributed by atoms with E-state index in [-0.39, 0.29) is 0 Å². The second-order valence-corrected chi connectivity index (χ2v) is 5.06. The maximum atomic E-state index is 3.68. The summed E-state index contributed by atoms with van der Waals surface area (Å²) >= 11 is 0. The van der Waals surface area contributed by atoms with Gasteiger partial charge in [0.15, 0.2) is 0 Å². The number of nitrogens with zero attached hydrogens (tertiary/aromatic N) is 1. The topological polar surface area (TPSA) is 0 Å². The maximum Gasteiger partial charge on any atom is 0.0753 e. The molecule has 0 heterocycles. The highest BCUT2D eigenvalue weighted by atomic mass is 15.3. The van der Waals surface area contributed by atoms with Crippen LogP contribution in [0.4, 0.5) is 0 Å². The molecule has 0 aromatic heterocycles. The largest absolute Gasteiger partial charge is 0.329 e. The van der Waals surface area contributed by atoms with E-state index in [0.29, 0.717) is 0 Å². The Kier molecular flexibility index (Phi) is 14.4. The molecule has 16 heavy (non-hydrogen) atoms. The molecule has 98 valence electrons. The third kappa shape index (κ3) is 16.1. The Labute approximate surface area is 104 Å². The number of quaternary nitrogens is 1. The van der Waals surface area contributed by atoms with Gasteiger partial charge in [0, 0.05) is 0 Å². The van der Waals surface area contributed by atoms with Gasteiger partial charge in [-0.2, -0.15) is 0 Å². The highest BCUT2D eigenvalue weighted by Crippen LogP contribution is 2.04. The van der Waals surface area contributed by atoms with Gasteiger partial charge in [0.05, 0.1) is 27.2 Å². The fraction of sp³-hybridized carbons (Fsp3) is 0.867. The monoisotopic (exact) mass is 228 g/mol. The Bertz CT molecular complexity index is 132. The van der Waals surface area contributed by atoms with Crippen molar-refractivity contribution < 1.29 is 4.48 Å². The van der Waals surface area contributed by atoms with Gasteiger partial charge >= 0.3 is 0 Å². The second kappa shape index (κ2) is 12.8. The van der Waals surface area contributed by atoms with Crippen LogP contribution < -0.4 is 0 Å². The number of rotatable bonds is 8. The molecule has 0 aromatic carbocycles. The molecule has 0 amide bonds. The number of allylic oxidation sites excluding steroid dienone is 1. The van der Waals surface area contributed by atoms with Crippen LogP contribution in [0.3, 0.4) is 0 Å². The smallest absolute Gasteiger partial charge is 0.0753 e. The van der Waals surface area contributed by atoms with E-state index < -0.39 is 0 Å². The Morgan fingerprint density at radius 2 is 1.38 bits per heavy atom. The average molecular weight is 228 g/mol. The summed E-state index contributed by atoms with van der Waals surface area (Å²) in [6.45, 7) is 12.8. The summed E-state index contributed by atoms with van der Waals surface area (Å²) in [5.74, 6) is 0. The van der Waals surface area contributed by atoms with E-state index in [4.69, 9.17) is 0 Å². The van der Waals surface area contributed by atoms with Gasteiger partial charge in [0.25, 0.3) is 0 Å². The molecule has 0 aliphatic carbocycles. The van der Waals surface area contributed by atoms with Crippen LogP contribution in [-0.4, -0.2) is 31.7 Å². The lowest BCUT2D eigenvalue weighted by atomic mass is 10.1. The summed E-state index contributed by atoms with van der Waals surface area (Å²) in [5.41, 5.74) is 0. The molecular formula is C15H34N+. The first-order valence-electron chi connectivity index (χ1n) is 6.96. The third-order valence-corrected chi connectivity index (χ3v) is 3.22. The molecule has 0 aromatic rings. The fourth-order valence-corrected chi connectivity index (χ4v) is 1.12. The molecule has 0 unspecified atom stereocenters. The van der Waals surface area contributed by atoms with E-state index in [1.165, 1.54) is 51.6 Å². The molecule has 0 saturated carbocycles. The quantitative estimate of drug-likeness (QED) is 0.323. The van der Waals surface area contributed by atoms with Crippen LogP contribution >= 0.6 is 0 Å². The zero-order valence-electron chi connectivity index (χ0n) is 12.4. The van der Waals surface area contributed by atoms with Crippen molar-refractivity contribution in [2.45, 2.75) is 59.3 Å². The van der Waals surface area contributed by atoms with Crippen LogP contribution in [0, 0.1) is 0 Å². The van der Waals surface area contributed by atoms with Crippen LogP contribution in [0.2, 0.25) is 0 Å². The van der Waals surface area contributed by atoms with Gasteiger partial charge in [-0.1, -0.05) is 38.7 Å². The molecule has 0 fully saturated rings. The average Bonchev–Trinajstić information content (AvgIpc) is 2.30. The van der Waals surface area contributed by atoms with Crippen LogP contribution in [-0.2, 0) is 0 Å². The van der Waals surface area contributed by atoms with Gasteiger partial charge in [-0.15, -0.1) is 6.58 Å². The molecule has 0 aliphatic rings. The van der Waals surface area contributed by atoms with E-state index in [1.54, 1.807) is 0 Å². The van der Waals surface area contributed by atoms with Crippen molar-refractivity contribution in [2.75, 3.05) is 27.2 Å². The maximum absolute atomic E-state index is 3.68. The first kappa shape index (κ1) is 18.1. The Morgan fingerprint density at radius 1 is 0.875 bits per heavy atom. The molecule has 0 radical (unpaired) electrons. The highest BCUT2D eigenvalue weighted by Gasteiger charge is 2.04. The second-order valence-electron chi connectivity index (χ2n) is 5.06. The summed E-state index contributed by atoms with van der Waals surface area (Å²) in [6.07, 6.45) is 10.1. The Hall–Kier alpha value is -0.300. The molecule has 0 atom stereocenters. The standard InChI is InChI=1S/C9H18.C6H16N/c1-3-5-7-9-8-6-4-2;1-5-7(3,4)6-2/h3H,1,4-9H2,2H3;5-6H2,1-4H3/q;+1. The van der Waals surface area contributed by atoms with Crippen LogP contribution in [0.1, 0.15) is 59.3 Å². The zero-order valence-corrected chi connectivity index (χ0v) is 12.4. The van der Waals surface area contributed by atoms with E-state index >= 15 is 0 Å². The zero-order chi connectivity index (χ0) is 12.9. The van der Waals surface area contributed by atoms with Gasteiger partial charge in [-0.25, -0.2) is 0 Å². The van der Waals surface area contributed by atoms with E-state index in [1.807, 2.05) is 6.08 Å². The molecule has 0 saturated heterocycles. The molecule has 0 bridgehead atoms. The minimum atomic E-state index is 1.14. The van der Waals surface area contributed by atoms with Crippen molar-refractivity contribution in [3.05, 3.63) is 12.7 Å². The molecular weight excluding hydrogens is 194 g/mol. The molecule has 0 spiro atoms. The van der Waals surface area contributed by atoms with Gasteiger partial charge in [-0.3, -0.25) is 0 Å². The van der Waals surface area contributed by atoms with Crippen LogP contribution in [0.15, 0.2) is 12.7 Å². The van der Waals surface area contributed by atoms with E-state index in [9.17, 15) is 0 Å². The van der Waals surface area contributed by atoms with Crippen LogP contribution in [0.5, 0.6) is 0 Å².